The zero-order valence-electron chi connectivity index (χ0n) is 5.33. The molecule has 0 fully saturated rings. The Hall–Kier alpha value is -1.32. The molecule has 1 rings (SSSR count). The van der Waals surface area contributed by atoms with Crippen LogP contribution < -0.4 is 0 Å². The van der Waals surface area contributed by atoms with E-state index in [0.717, 1.165) is 6.21 Å². The summed E-state index contributed by atoms with van der Waals surface area (Å²) in [6.07, 6.45) is 0.897. The third-order valence-corrected chi connectivity index (χ3v) is 1.26. The Morgan fingerprint density at radius 2 is 2.20 bits per heavy atom. The summed E-state index contributed by atoms with van der Waals surface area (Å²) in [5.41, 5.74) is 0. The average molecular weight is 139 g/mol. The molecule has 0 aromatic carbocycles. The van der Waals surface area contributed by atoms with Gasteiger partial charge in [0.1, 0.15) is 5.78 Å². The molecule has 1 aliphatic rings. The maximum atomic E-state index is 10.6. The number of aliphatic imine (C=N–C) groups is 1. The Bertz CT molecular complexity index is 223. The molecule has 0 aliphatic carbocycles. The Balaban J connectivity index is 2.90. The van der Waals surface area contributed by atoms with Crippen molar-refractivity contribution in [2.75, 3.05) is 0 Å². The van der Waals surface area contributed by atoms with E-state index in [1.54, 1.807) is 0 Å². The van der Waals surface area contributed by atoms with Crippen LogP contribution in [-0.2, 0) is 14.4 Å². The minimum absolute atomic E-state index is 0.437. The van der Waals surface area contributed by atoms with Gasteiger partial charge in [0.05, 0.1) is 6.21 Å². The van der Waals surface area contributed by atoms with Crippen molar-refractivity contribution in [3.63, 3.8) is 0 Å². The summed E-state index contributed by atoms with van der Waals surface area (Å²) in [5.74, 6) is -2.72. The minimum Gasteiger partial charge on any atom is -0.299 e. The highest BCUT2D eigenvalue weighted by atomic mass is 16.2. The van der Waals surface area contributed by atoms with E-state index in [9.17, 15) is 14.4 Å². The van der Waals surface area contributed by atoms with Gasteiger partial charge in [0.15, 0.2) is 11.7 Å². The van der Waals surface area contributed by atoms with Crippen LogP contribution in [0.25, 0.3) is 0 Å². The average Bonchev–Trinajstić information content (AvgIpc) is 2.11. The topological polar surface area (TPSA) is 63.6 Å². The molecule has 1 aliphatic heterocycles. The van der Waals surface area contributed by atoms with Gasteiger partial charge < -0.3 is 0 Å². The Morgan fingerprint density at radius 3 is 2.40 bits per heavy atom. The van der Waals surface area contributed by atoms with Gasteiger partial charge in [-0.2, -0.15) is 0 Å². The SMILES string of the molecule is CC(=O)C1C(=O)C=NC1=O. The van der Waals surface area contributed by atoms with Gasteiger partial charge in [-0.15, -0.1) is 0 Å². The fraction of sp³-hybridized carbons (Fsp3) is 0.333. The lowest BCUT2D eigenvalue weighted by Gasteiger charge is -1.95. The summed E-state index contributed by atoms with van der Waals surface area (Å²) < 4.78 is 0. The maximum Gasteiger partial charge on any atom is 0.264 e. The number of carbonyl (C=O) groups is 3. The first-order chi connectivity index (χ1) is 4.63. The molecule has 1 heterocycles. The third-order valence-electron chi connectivity index (χ3n) is 1.26. The lowest BCUT2D eigenvalue weighted by atomic mass is 10.0. The van der Waals surface area contributed by atoms with Gasteiger partial charge in [-0.05, 0) is 6.92 Å². The Kier molecular flexibility index (Phi) is 1.45. The van der Waals surface area contributed by atoms with Crippen LogP contribution in [-0.4, -0.2) is 23.7 Å². The molecule has 0 radical (unpaired) electrons. The van der Waals surface area contributed by atoms with Gasteiger partial charge in [0, 0.05) is 0 Å². The molecule has 0 aromatic rings. The highest BCUT2D eigenvalue weighted by Gasteiger charge is 2.33. The number of hydrogen-bond acceptors (Lipinski definition) is 3. The second-order valence-electron chi connectivity index (χ2n) is 2.04. The van der Waals surface area contributed by atoms with Crippen LogP contribution in [0.5, 0.6) is 0 Å². The van der Waals surface area contributed by atoms with Crippen LogP contribution in [0.15, 0.2) is 4.99 Å². The van der Waals surface area contributed by atoms with Crippen LogP contribution in [0.3, 0.4) is 0 Å². The van der Waals surface area contributed by atoms with Crippen molar-refractivity contribution in [3.8, 4) is 0 Å². The first-order valence-electron chi connectivity index (χ1n) is 2.75. The standard InChI is InChI=1S/C6H5NO3/c1-3(8)5-4(9)2-7-6(5)10/h2,5H,1H3. The zero-order chi connectivity index (χ0) is 7.72. The molecule has 0 aromatic heterocycles. The van der Waals surface area contributed by atoms with Crippen molar-refractivity contribution < 1.29 is 14.4 Å². The van der Waals surface area contributed by atoms with Gasteiger partial charge in [-0.3, -0.25) is 14.4 Å². The largest absolute Gasteiger partial charge is 0.299 e. The summed E-state index contributed by atoms with van der Waals surface area (Å²) in [4.78, 5) is 35.0. The zero-order valence-corrected chi connectivity index (χ0v) is 5.33. The summed E-state index contributed by atoms with van der Waals surface area (Å²) in [5, 5.41) is 0. The van der Waals surface area contributed by atoms with Crippen LogP contribution in [0, 0.1) is 5.92 Å². The maximum absolute atomic E-state index is 10.6. The number of amides is 1. The predicted molar refractivity (Wildman–Crippen MR) is 32.7 cm³/mol. The van der Waals surface area contributed by atoms with Gasteiger partial charge in [-0.25, -0.2) is 4.99 Å². The van der Waals surface area contributed by atoms with E-state index in [1.807, 2.05) is 0 Å². The number of rotatable bonds is 1. The smallest absolute Gasteiger partial charge is 0.264 e. The molecule has 52 valence electrons. The van der Waals surface area contributed by atoms with E-state index < -0.39 is 23.4 Å². The molecule has 1 amide bonds. The van der Waals surface area contributed by atoms with Crippen LogP contribution >= 0.6 is 0 Å². The molecule has 10 heavy (non-hydrogen) atoms. The summed E-state index contributed by atoms with van der Waals surface area (Å²) in [6.45, 7) is 1.20. The van der Waals surface area contributed by atoms with Gasteiger partial charge in [0.25, 0.3) is 5.91 Å². The van der Waals surface area contributed by atoms with Gasteiger partial charge in [-0.1, -0.05) is 0 Å². The van der Waals surface area contributed by atoms with Crippen molar-refractivity contribution in [2.24, 2.45) is 10.9 Å². The predicted octanol–water partition coefficient (Wildman–Crippen LogP) is -0.628. The van der Waals surface area contributed by atoms with Crippen LogP contribution in [0.1, 0.15) is 6.92 Å². The summed E-state index contributed by atoms with van der Waals surface area (Å²) in [7, 11) is 0. The molecule has 0 saturated heterocycles. The van der Waals surface area contributed by atoms with Crippen molar-refractivity contribution in [2.45, 2.75) is 6.92 Å². The molecular weight excluding hydrogens is 134 g/mol. The van der Waals surface area contributed by atoms with Crippen LogP contribution in [0.2, 0.25) is 0 Å². The molecule has 0 spiro atoms. The number of nitrogens with zero attached hydrogens (tertiary/aromatic N) is 1. The molecule has 0 saturated carbocycles. The lowest BCUT2D eigenvalue weighted by Crippen LogP contribution is -2.23. The Labute approximate surface area is 56.9 Å². The molecule has 4 heteroatoms. The van der Waals surface area contributed by atoms with E-state index in [2.05, 4.69) is 4.99 Å². The van der Waals surface area contributed by atoms with E-state index in [1.165, 1.54) is 6.92 Å². The summed E-state index contributed by atoms with van der Waals surface area (Å²) >= 11 is 0. The minimum atomic E-state index is -1.14. The molecule has 4 nitrogen and oxygen atoms in total. The van der Waals surface area contributed by atoms with Gasteiger partial charge >= 0.3 is 0 Å². The number of hydrogen-bond donors (Lipinski definition) is 0. The van der Waals surface area contributed by atoms with Crippen molar-refractivity contribution in [1.29, 1.82) is 0 Å². The Morgan fingerprint density at radius 1 is 1.60 bits per heavy atom. The van der Waals surface area contributed by atoms with Gasteiger partial charge in [0.2, 0.25) is 0 Å². The van der Waals surface area contributed by atoms with E-state index in [0.29, 0.717) is 0 Å². The normalized spacial score (nSPS) is 23.9. The van der Waals surface area contributed by atoms with Crippen molar-refractivity contribution >= 4 is 23.7 Å². The van der Waals surface area contributed by atoms with E-state index in [-0.39, 0.29) is 0 Å². The number of Topliss-reactive ketones (excluding diaryl/α,β-unsaturated/α-hetero) is 2. The first-order valence-corrected chi connectivity index (χ1v) is 2.75. The summed E-state index contributed by atoms with van der Waals surface area (Å²) in [6, 6.07) is 0. The van der Waals surface area contributed by atoms with E-state index >= 15 is 0 Å². The highest BCUT2D eigenvalue weighted by Crippen LogP contribution is 2.07. The molecule has 1 unspecified atom stereocenters. The van der Waals surface area contributed by atoms with Crippen molar-refractivity contribution in [3.05, 3.63) is 0 Å². The van der Waals surface area contributed by atoms with Crippen molar-refractivity contribution in [1.82, 2.24) is 0 Å². The number of ketones is 2. The first kappa shape index (κ1) is 6.80. The highest BCUT2D eigenvalue weighted by molar-refractivity contribution is 6.45. The van der Waals surface area contributed by atoms with Crippen LogP contribution in [0.4, 0.5) is 0 Å². The molecule has 1 atom stereocenters. The fourth-order valence-corrected chi connectivity index (χ4v) is 0.772. The monoisotopic (exact) mass is 139 g/mol. The molecular formula is C6H5NO3. The quantitative estimate of drug-likeness (QED) is 0.454. The fourth-order valence-electron chi connectivity index (χ4n) is 0.772. The molecule has 0 N–H and O–H groups in total. The second kappa shape index (κ2) is 2.13. The molecule has 0 bridgehead atoms. The third kappa shape index (κ3) is 0.877. The van der Waals surface area contributed by atoms with E-state index in [4.69, 9.17) is 0 Å². The lowest BCUT2D eigenvalue weighted by molar-refractivity contribution is -0.134. The second-order valence-corrected chi connectivity index (χ2v) is 2.04. The number of carbonyl (C=O) groups excluding carboxylic acids is 3.